The highest BCUT2D eigenvalue weighted by Crippen LogP contribution is 2.31. The smallest absolute Gasteiger partial charge is 0.261 e. The van der Waals surface area contributed by atoms with Crippen LogP contribution in [0.3, 0.4) is 0 Å². The number of nitrogens with one attached hydrogen (secondary N) is 1. The van der Waals surface area contributed by atoms with Crippen LogP contribution in [0.25, 0.3) is 11.5 Å². The average molecular weight is 387 g/mol. The maximum absolute atomic E-state index is 5.86. The van der Waals surface area contributed by atoms with Crippen LogP contribution in [0.1, 0.15) is 30.7 Å². The van der Waals surface area contributed by atoms with E-state index in [0.29, 0.717) is 23.8 Å². The van der Waals surface area contributed by atoms with E-state index in [-0.39, 0.29) is 6.10 Å². The minimum Gasteiger partial charge on any atom is -0.381 e. The van der Waals surface area contributed by atoms with Crippen LogP contribution in [-0.4, -0.2) is 66.7 Å². The van der Waals surface area contributed by atoms with Crippen LogP contribution in [0.5, 0.6) is 0 Å². The summed E-state index contributed by atoms with van der Waals surface area (Å²) in [6, 6.07) is 2.91. The van der Waals surface area contributed by atoms with E-state index < -0.39 is 0 Å². The van der Waals surface area contributed by atoms with Gasteiger partial charge in [-0.15, -0.1) is 0 Å². The maximum Gasteiger partial charge on any atom is 0.261 e. The summed E-state index contributed by atoms with van der Waals surface area (Å²) in [7, 11) is 1.79. The predicted molar refractivity (Wildman–Crippen MR) is 105 cm³/mol. The molecule has 0 aliphatic carbocycles. The first-order chi connectivity index (χ1) is 13.6. The second-order valence-corrected chi connectivity index (χ2v) is 7.70. The number of piperidine rings is 1. The van der Waals surface area contributed by atoms with Gasteiger partial charge in [0.1, 0.15) is 5.82 Å². The summed E-state index contributed by atoms with van der Waals surface area (Å²) >= 11 is 0. The predicted octanol–water partition coefficient (Wildman–Crippen LogP) is 2.11. The number of hydrogen-bond acceptors (Lipinski definition) is 8. The highest BCUT2D eigenvalue weighted by Gasteiger charge is 2.33. The Bertz CT molecular complexity index is 790. The van der Waals surface area contributed by atoms with E-state index in [2.05, 4.69) is 26.4 Å². The molecule has 8 nitrogen and oxygen atoms in total. The van der Waals surface area contributed by atoms with Crippen molar-refractivity contribution in [3.8, 4) is 11.5 Å². The van der Waals surface area contributed by atoms with Crippen LogP contribution in [0, 0.1) is 13.8 Å². The number of aryl methyl sites for hydroxylation is 2. The average Bonchev–Trinajstić information content (AvgIpc) is 3.15. The number of rotatable bonds is 5. The van der Waals surface area contributed by atoms with Crippen molar-refractivity contribution in [2.24, 2.45) is 0 Å². The SMILES string of the molecule is COC1CN(c2ncc(C)cc2-c2nc(C)no2)CCC1NC1CCOCC1. The van der Waals surface area contributed by atoms with Crippen LogP contribution in [0.2, 0.25) is 0 Å². The molecule has 2 aromatic rings. The molecule has 0 aromatic carbocycles. The number of aromatic nitrogens is 3. The largest absolute Gasteiger partial charge is 0.381 e. The molecule has 4 heterocycles. The van der Waals surface area contributed by atoms with E-state index in [9.17, 15) is 0 Å². The third kappa shape index (κ3) is 4.19. The summed E-state index contributed by atoms with van der Waals surface area (Å²) in [5.41, 5.74) is 1.94. The zero-order valence-electron chi connectivity index (χ0n) is 16.9. The fourth-order valence-corrected chi connectivity index (χ4v) is 4.08. The highest BCUT2D eigenvalue weighted by molar-refractivity contribution is 5.70. The summed E-state index contributed by atoms with van der Waals surface area (Å²) < 4.78 is 16.8. The standard InChI is InChI=1S/C20H29N5O3/c1-13-10-16(20-22-14(2)24-28-20)19(21-11-13)25-7-4-17(18(12-25)26-3)23-15-5-8-27-9-6-15/h10-11,15,17-18,23H,4-9,12H2,1-3H3. The van der Waals surface area contributed by atoms with Crippen molar-refractivity contribution in [1.29, 1.82) is 0 Å². The van der Waals surface area contributed by atoms with Gasteiger partial charge in [-0.2, -0.15) is 4.98 Å². The van der Waals surface area contributed by atoms with Gasteiger partial charge in [-0.3, -0.25) is 0 Å². The topological polar surface area (TPSA) is 85.5 Å². The molecule has 1 N–H and O–H groups in total. The molecule has 2 saturated heterocycles. The Balaban J connectivity index is 1.51. The Labute approximate surface area is 165 Å². The minimum atomic E-state index is 0.0944. The molecule has 8 heteroatoms. The number of ether oxygens (including phenoxy) is 2. The van der Waals surface area contributed by atoms with Gasteiger partial charge in [0.25, 0.3) is 5.89 Å². The molecule has 0 radical (unpaired) electrons. The van der Waals surface area contributed by atoms with Crippen LogP contribution in [0.4, 0.5) is 5.82 Å². The normalized spacial score (nSPS) is 23.9. The molecule has 2 fully saturated rings. The number of pyridine rings is 1. The Hall–Kier alpha value is -2.03. The summed E-state index contributed by atoms with van der Waals surface area (Å²) in [5.74, 6) is 2.01. The lowest BCUT2D eigenvalue weighted by molar-refractivity contribution is 0.0359. The van der Waals surface area contributed by atoms with Gasteiger partial charge in [0, 0.05) is 51.7 Å². The summed E-state index contributed by atoms with van der Waals surface area (Å²) in [4.78, 5) is 11.4. The second kappa shape index (κ2) is 8.55. The van der Waals surface area contributed by atoms with Gasteiger partial charge in [0.2, 0.25) is 0 Å². The molecule has 28 heavy (non-hydrogen) atoms. The lowest BCUT2D eigenvalue weighted by Crippen LogP contribution is -2.56. The zero-order valence-corrected chi connectivity index (χ0v) is 16.9. The molecule has 2 aliphatic rings. The van der Waals surface area contributed by atoms with Gasteiger partial charge in [-0.25, -0.2) is 4.98 Å². The molecule has 0 bridgehead atoms. The van der Waals surface area contributed by atoms with Gasteiger partial charge in [-0.05, 0) is 44.7 Å². The fraction of sp³-hybridized carbons (Fsp3) is 0.650. The van der Waals surface area contributed by atoms with E-state index in [1.807, 2.05) is 20.0 Å². The van der Waals surface area contributed by atoms with E-state index >= 15 is 0 Å². The van der Waals surface area contributed by atoms with Crippen molar-refractivity contribution in [2.75, 3.05) is 38.3 Å². The van der Waals surface area contributed by atoms with Crippen LogP contribution in [-0.2, 0) is 9.47 Å². The number of methoxy groups -OCH3 is 1. The third-order valence-corrected chi connectivity index (χ3v) is 5.59. The van der Waals surface area contributed by atoms with Crippen molar-refractivity contribution in [3.05, 3.63) is 23.7 Å². The minimum absolute atomic E-state index is 0.0944. The van der Waals surface area contributed by atoms with Crippen LogP contribution in [0.15, 0.2) is 16.8 Å². The fourth-order valence-electron chi connectivity index (χ4n) is 4.08. The molecule has 2 aromatic heterocycles. The summed E-state index contributed by atoms with van der Waals surface area (Å²) in [5, 5.41) is 7.74. The van der Waals surface area contributed by atoms with Gasteiger partial charge in [0.05, 0.1) is 11.7 Å². The monoisotopic (exact) mass is 387 g/mol. The number of anilines is 1. The van der Waals surface area contributed by atoms with Crippen molar-refractivity contribution in [2.45, 2.75) is 51.3 Å². The summed E-state index contributed by atoms with van der Waals surface area (Å²) in [6.07, 6.45) is 5.11. The molecular weight excluding hydrogens is 358 g/mol. The molecular formula is C20H29N5O3. The number of hydrogen-bond donors (Lipinski definition) is 1. The Kier molecular flexibility index (Phi) is 5.89. The Morgan fingerprint density at radius 1 is 1.21 bits per heavy atom. The third-order valence-electron chi connectivity index (χ3n) is 5.59. The lowest BCUT2D eigenvalue weighted by Gasteiger charge is -2.41. The number of nitrogens with zero attached hydrogens (tertiary/aromatic N) is 4. The van der Waals surface area contributed by atoms with Gasteiger partial charge < -0.3 is 24.2 Å². The van der Waals surface area contributed by atoms with Crippen molar-refractivity contribution >= 4 is 5.82 Å². The van der Waals surface area contributed by atoms with Crippen LogP contribution < -0.4 is 10.2 Å². The zero-order chi connectivity index (χ0) is 19.5. The molecule has 2 aliphatic heterocycles. The van der Waals surface area contributed by atoms with Gasteiger partial charge >= 0.3 is 0 Å². The lowest BCUT2D eigenvalue weighted by atomic mass is 9.98. The van der Waals surface area contributed by atoms with Crippen molar-refractivity contribution in [3.63, 3.8) is 0 Å². The van der Waals surface area contributed by atoms with Crippen molar-refractivity contribution in [1.82, 2.24) is 20.4 Å². The first kappa shape index (κ1) is 19.3. The van der Waals surface area contributed by atoms with Crippen molar-refractivity contribution < 1.29 is 14.0 Å². The first-order valence-corrected chi connectivity index (χ1v) is 10.0. The van der Waals surface area contributed by atoms with E-state index in [1.54, 1.807) is 7.11 Å². The highest BCUT2D eigenvalue weighted by atomic mass is 16.5. The van der Waals surface area contributed by atoms with E-state index in [0.717, 1.165) is 62.5 Å². The maximum atomic E-state index is 5.86. The summed E-state index contributed by atoms with van der Waals surface area (Å²) in [6.45, 7) is 7.20. The van der Waals surface area contributed by atoms with E-state index in [1.165, 1.54) is 0 Å². The molecule has 0 spiro atoms. The molecule has 4 rings (SSSR count). The Morgan fingerprint density at radius 2 is 2.04 bits per heavy atom. The quantitative estimate of drug-likeness (QED) is 0.835. The van der Waals surface area contributed by atoms with Gasteiger partial charge in [-0.1, -0.05) is 5.16 Å². The van der Waals surface area contributed by atoms with E-state index in [4.69, 9.17) is 19.0 Å². The first-order valence-electron chi connectivity index (χ1n) is 10.0. The Morgan fingerprint density at radius 3 is 2.75 bits per heavy atom. The van der Waals surface area contributed by atoms with Crippen LogP contribution >= 0.6 is 0 Å². The molecule has 2 atom stereocenters. The molecule has 152 valence electrons. The molecule has 0 saturated carbocycles. The van der Waals surface area contributed by atoms with Gasteiger partial charge in [0.15, 0.2) is 5.82 Å². The molecule has 0 amide bonds. The second-order valence-electron chi connectivity index (χ2n) is 7.70. The molecule has 2 unspecified atom stereocenters.